The Morgan fingerprint density at radius 1 is 1.23 bits per heavy atom. The van der Waals surface area contributed by atoms with Gasteiger partial charge in [-0.25, -0.2) is 4.79 Å². The van der Waals surface area contributed by atoms with E-state index in [1.807, 2.05) is 47.4 Å². The number of ether oxygens (including phenoxy) is 1. The Labute approximate surface area is 185 Å². The number of hydrogen-bond donors (Lipinski definition) is 2. The van der Waals surface area contributed by atoms with Gasteiger partial charge in [0, 0.05) is 24.9 Å². The summed E-state index contributed by atoms with van der Waals surface area (Å²) in [5, 5.41) is 13.3. The van der Waals surface area contributed by atoms with Crippen molar-refractivity contribution in [2.75, 3.05) is 20.3 Å². The highest BCUT2D eigenvalue weighted by molar-refractivity contribution is 7.80. The first-order valence-electron chi connectivity index (χ1n) is 10.0. The molecule has 2 N–H and O–H groups in total. The standard InChI is InChI=1S/C23H23N3O4S/c1-29-22(28)16-8-3-2-7-15(16)18-10-11-19(30-18)21-20(17-9-4-5-12-24-17)25-23(31)26(21)13-6-14-27/h2-5,7-12,20-21,27H,6,13-14H2,1H3,(H,25,31)/t20-,21+/m1/s1. The largest absolute Gasteiger partial charge is 0.465 e. The number of aromatic nitrogens is 1. The van der Waals surface area contributed by atoms with Gasteiger partial charge in [0.1, 0.15) is 17.6 Å². The Balaban J connectivity index is 1.73. The molecule has 0 amide bonds. The van der Waals surface area contributed by atoms with E-state index in [-0.39, 0.29) is 18.7 Å². The van der Waals surface area contributed by atoms with Crippen LogP contribution >= 0.6 is 12.2 Å². The van der Waals surface area contributed by atoms with E-state index in [2.05, 4.69) is 10.3 Å². The Bertz CT molecular complexity index is 1070. The number of pyridine rings is 1. The molecule has 160 valence electrons. The van der Waals surface area contributed by atoms with Crippen molar-refractivity contribution in [3.05, 3.63) is 77.8 Å². The van der Waals surface area contributed by atoms with Crippen molar-refractivity contribution in [3.63, 3.8) is 0 Å². The average Bonchev–Trinajstić information content (AvgIpc) is 3.42. The van der Waals surface area contributed by atoms with Gasteiger partial charge >= 0.3 is 5.97 Å². The van der Waals surface area contributed by atoms with Crippen molar-refractivity contribution in [1.82, 2.24) is 15.2 Å². The minimum absolute atomic E-state index is 0.0655. The summed E-state index contributed by atoms with van der Waals surface area (Å²) in [6, 6.07) is 16.2. The molecule has 2 aromatic heterocycles. The lowest BCUT2D eigenvalue weighted by Crippen LogP contribution is -2.30. The summed E-state index contributed by atoms with van der Waals surface area (Å²) in [4.78, 5) is 18.7. The molecular weight excluding hydrogens is 414 g/mol. The number of hydrogen-bond acceptors (Lipinski definition) is 6. The summed E-state index contributed by atoms with van der Waals surface area (Å²) in [5.74, 6) is 0.833. The molecule has 7 nitrogen and oxygen atoms in total. The molecule has 0 bridgehead atoms. The first-order valence-corrected chi connectivity index (χ1v) is 10.4. The van der Waals surface area contributed by atoms with Crippen LogP contribution in [0.15, 0.2) is 65.2 Å². The van der Waals surface area contributed by atoms with E-state index in [4.69, 9.17) is 21.4 Å². The summed E-state index contributed by atoms with van der Waals surface area (Å²) < 4.78 is 11.2. The van der Waals surface area contributed by atoms with E-state index in [9.17, 15) is 9.90 Å². The monoisotopic (exact) mass is 437 g/mol. The molecule has 0 saturated carbocycles. The van der Waals surface area contributed by atoms with Gasteiger partial charge in [0.15, 0.2) is 5.11 Å². The van der Waals surface area contributed by atoms with Crippen molar-refractivity contribution in [3.8, 4) is 11.3 Å². The maximum atomic E-state index is 12.2. The topological polar surface area (TPSA) is 87.8 Å². The zero-order valence-corrected chi connectivity index (χ0v) is 17.8. The van der Waals surface area contributed by atoms with Crippen LogP contribution in [0.25, 0.3) is 11.3 Å². The minimum atomic E-state index is -0.423. The second-order valence-electron chi connectivity index (χ2n) is 7.14. The molecule has 1 saturated heterocycles. The van der Waals surface area contributed by atoms with Crippen LogP contribution in [0.1, 0.15) is 40.3 Å². The van der Waals surface area contributed by atoms with Crippen molar-refractivity contribution >= 4 is 23.3 Å². The molecule has 1 aliphatic rings. The third-order valence-corrected chi connectivity index (χ3v) is 5.62. The average molecular weight is 438 g/mol. The number of aliphatic hydroxyl groups excluding tert-OH is 1. The summed E-state index contributed by atoms with van der Waals surface area (Å²) >= 11 is 5.58. The number of benzene rings is 1. The number of aliphatic hydroxyl groups is 1. The van der Waals surface area contributed by atoms with E-state index < -0.39 is 5.97 Å². The maximum Gasteiger partial charge on any atom is 0.338 e. The van der Waals surface area contributed by atoms with Gasteiger partial charge in [0.05, 0.1) is 24.4 Å². The number of nitrogens with zero attached hydrogens (tertiary/aromatic N) is 2. The van der Waals surface area contributed by atoms with Crippen LogP contribution in [-0.4, -0.2) is 46.3 Å². The molecule has 31 heavy (non-hydrogen) atoms. The summed E-state index contributed by atoms with van der Waals surface area (Å²) in [5.41, 5.74) is 1.93. The second kappa shape index (κ2) is 9.28. The fraction of sp³-hybridized carbons (Fsp3) is 0.261. The SMILES string of the molecule is COC(=O)c1ccccc1-c1ccc([C@H]2[C@@H](c3ccccn3)NC(=S)N2CCCO)o1. The Morgan fingerprint density at radius 3 is 2.77 bits per heavy atom. The molecule has 1 aliphatic heterocycles. The molecule has 3 aromatic rings. The molecule has 0 spiro atoms. The van der Waals surface area contributed by atoms with E-state index in [1.54, 1.807) is 18.3 Å². The van der Waals surface area contributed by atoms with Crippen molar-refractivity contribution < 1.29 is 19.1 Å². The van der Waals surface area contributed by atoms with E-state index >= 15 is 0 Å². The zero-order chi connectivity index (χ0) is 21.8. The number of thiocarbonyl (C=S) groups is 1. The molecule has 0 radical (unpaired) electrons. The van der Waals surface area contributed by atoms with Crippen LogP contribution in [0, 0.1) is 0 Å². The first kappa shape index (κ1) is 21.0. The van der Waals surface area contributed by atoms with Gasteiger partial charge in [-0.3, -0.25) is 4.98 Å². The quantitative estimate of drug-likeness (QED) is 0.429. The van der Waals surface area contributed by atoms with Crippen LogP contribution in [0.2, 0.25) is 0 Å². The molecular formula is C23H23N3O4S. The predicted molar refractivity (Wildman–Crippen MR) is 119 cm³/mol. The van der Waals surface area contributed by atoms with Crippen LogP contribution in [0.5, 0.6) is 0 Å². The van der Waals surface area contributed by atoms with Crippen LogP contribution in [0.3, 0.4) is 0 Å². The third kappa shape index (κ3) is 4.17. The number of carbonyl (C=O) groups excluding carboxylic acids is 1. The normalized spacial score (nSPS) is 18.1. The third-order valence-electron chi connectivity index (χ3n) is 5.27. The molecule has 1 aromatic carbocycles. The minimum Gasteiger partial charge on any atom is -0.465 e. The van der Waals surface area contributed by atoms with E-state index in [1.165, 1.54) is 7.11 Å². The second-order valence-corrected chi connectivity index (χ2v) is 7.52. The number of esters is 1. The number of nitrogens with one attached hydrogen (secondary N) is 1. The Hall–Kier alpha value is -3.23. The number of rotatable bonds is 7. The van der Waals surface area contributed by atoms with Gasteiger partial charge in [-0.2, -0.15) is 0 Å². The van der Waals surface area contributed by atoms with Gasteiger partial charge < -0.3 is 24.5 Å². The highest BCUT2D eigenvalue weighted by atomic mass is 32.1. The predicted octanol–water partition coefficient (Wildman–Crippen LogP) is 3.48. The molecule has 0 aliphatic carbocycles. The lowest BCUT2D eigenvalue weighted by atomic mass is 10.0. The lowest BCUT2D eigenvalue weighted by molar-refractivity contribution is 0.0601. The molecule has 3 heterocycles. The fourth-order valence-corrected chi connectivity index (χ4v) is 4.17. The number of carbonyl (C=O) groups is 1. The van der Waals surface area contributed by atoms with Gasteiger partial charge in [-0.05, 0) is 49.0 Å². The van der Waals surface area contributed by atoms with Crippen LogP contribution in [-0.2, 0) is 4.74 Å². The van der Waals surface area contributed by atoms with Gasteiger partial charge in [0.2, 0.25) is 0 Å². The van der Waals surface area contributed by atoms with Crippen LogP contribution in [0.4, 0.5) is 0 Å². The summed E-state index contributed by atoms with van der Waals surface area (Å²) in [6.07, 6.45) is 2.32. The van der Waals surface area contributed by atoms with Crippen molar-refractivity contribution in [2.45, 2.75) is 18.5 Å². The van der Waals surface area contributed by atoms with Gasteiger partial charge in [0.25, 0.3) is 0 Å². The molecule has 1 fully saturated rings. The fourth-order valence-electron chi connectivity index (χ4n) is 3.84. The smallest absolute Gasteiger partial charge is 0.338 e. The Morgan fingerprint density at radius 2 is 2.03 bits per heavy atom. The van der Waals surface area contributed by atoms with Gasteiger partial charge in [-0.1, -0.05) is 24.3 Å². The summed E-state index contributed by atoms with van der Waals surface area (Å²) in [7, 11) is 1.36. The van der Waals surface area contributed by atoms with Gasteiger partial charge in [-0.15, -0.1) is 0 Å². The van der Waals surface area contributed by atoms with Crippen molar-refractivity contribution in [1.29, 1.82) is 0 Å². The Kier molecular flexibility index (Phi) is 6.29. The number of methoxy groups -OCH3 is 1. The lowest BCUT2D eigenvalue weighted by Gasteiger charge is -2.25. The molecule has 0 unspecified atom stereocenters. The van der Waals surface area contributed by atoms with Crippen LogP contribution < -0.4 is 5.32 Å². The van der Waals surface area contributed by atoms with E-state index in [0.717, 1.165) is 5.69 Å². The molecule has 4 rings (SSSR count). The highest BCUT2D eigenvalue weighted by Gasteiger charge is 2.41. The van der Waals surface area contributed by atoms with Crippen molar-refractivity contribution in [2.24, 2.45) is 0 Å². The van der Waals surface area contributed by atoms with E-state index in [0.29, 0.717) is 40.7 Å². The maximum absolute atomic E-state index is 12.2. The molecule has 2 atom stereocenters. The summed E-state index contributed by atoms with van der Waals surface area (Å²) in [6.45, 7) is 0.640. The first-order chi connectivity index (χ1) is 15.1. The zero-order valence-electron chi connectivity index (χ0n) is 17.0. The highest BCUT2D eigenvalue weighted by Crippen LogP contribution is 2.40. The number of furan rings is 1. The molecule has 8 heteroatoms.